The van der Waals surface area contributed by atoms with Gasteiger partial charge in [-0.2, -0.15) is 0 Å². The Morgan fingerprint density at radius 1 is 1.28 bits per heavy atom. The monoisotopic (exact) mass is 255 g/mol. The van der Waals surface area contributed by atoms with Crippen LogP contribution < -0.4 is 0 Å². The van der Waals surface area contributed by atoms with E-state index in [4.69, 9.17) is 4.84 Å². The Hall–Kier alpha value is -1.45. The molecule has 0 N–H and O–H groups in total. The smallest absolute Gasteiger partial charge is 0.263 e. The van der Waals surface area contributed by atoms with E-state index in [0.29, 0.717) is 12.2 Å². The Morgan fingerprint density at radius 2 is 2.11 bits per heavy atom. The molecule has 0 fully saturated rings. The van der Waals surface area contributed by atoms with Crippen LogP contribution in [0.5, 0.6) is 0 Å². The lowest BCUT2D eigenvalue weighted by Gasteiger charge is -2.01. The third-order valence-corrected chi connectivity index (χ3v) is 2.53. The average molecular weight is 255 g/mol. The predicted octanol–water partition coefficient (Wildman–Crippen LogP) is 4.56. The molecule has 0 bridgehead atoms. The summed E-state index contributed by atoms with van der Waals surface area (Å²) >= 11 is 0. The first-order valence-electron chi connectivity index (χ1n) is 6.27. The molecule has 0 unspecified atom stereocenters. The molecule has 0 aliphatic rings. The first-order chi connectivity index (χ1) is 8.74. The first-order valence-corrected chi connectivity index (χ1v) is 6.27. The van der Waals surface area contributed by atoms with Gasteiger partial charge in [-0.25, -0.2) is 8.78 Å². The van der Waals surface area contributed by atoms with Gasteiger partial charge in [0.05, 0.1) is 6.21 Å². The molecule has 18 heavy (non-hydrogen) atoms. The quantitative estimate of drug-likeness (QED) is 0.379. The number of oxime groups is 1. The highest BCUT2D eigenvalue weighted by Gasteiger charge is 2.05. The van der Waals surface area contributed by atoms with Crippen LogP contribution >= 0.6 is 0 Å². The molecule has 2 nitrogen and oxygen atoms in total. The van der Waals surface area contributed by atoms with Crippen molar-refractivity contribution in [3.8, 4) is 0 Å². The van der Waals surface area contributed by atoms with Gasteiger partial charge in [0.15, 0.2) is 0 Å². The molecule has 0 spiro atoms. The maximum atomic E-state index is 12.4. The SMILES string of the molecule is CCCCCCON=Cc1cccc(C(F)F)c1. The summed E-state index contributed by atoms with van der Waals surface area (Å²) in [6.45, 7) is 2.72. The van der Waals surface area contributed by atoms with Gasteiger partial charge < -0.3 is 4.84 Å². The van der Waals surface area contributed by atoms with Gasteiger partial charge in [-0.3, -0.25) is 0 Å². The van der Waals surface area contributed by atoms with Crippen LogP contribution in [0.2, 0.25) is 0 Å². The molecule has 1 rings (SSSR count). The van der Waals surface area contributed by atoms with E-state index < -0.39 is 6.43 Å². The van der Waals surface area contributed by atoms with Crippen molar-refractivity contribution in [2.24, 2.45) is 5.16 Å². The van der Waals surface area contributed by atoms with Crippen LogP contribution in [0, 0.1) is 0 Å². The Bertz CT molecular complexity index is 367. The first kappa shape index (κ1) is 14.6. The molecule has 100 valence electrons. The van der Waals surface area contributed by atoms with E-state index in [1.54, 1.807) is 12.1 Å². The van der Waals surface area contributed by atoms with Crippen LogP contribution in [0.3, 0.4) is 0 Å². The minimum atomic E-state index is -2.45. The Kier molecular flexibility index (Phi) is 6.99. The molecule has 4 heteroatoms. The summed E-state index contributed by atoms with van der Waals surface area (Å²) in [7, 11) is 0. The number of unbranched alkanes of at least 4 members (excludes halogenated alkanes) is 3. The number of alkyl halides is 2. The van der Waals surface area contributed by atoms with Gasteiger partial charge in [-0.15, -0.1) is 0 Å². The van der Waals surface area contributed by atoms with E-state index in [9.17, 15) is 8.78 Å². The predicted molar refractivity (Wildman–Crippen MR) is 69.1 cm³/mol. The lowest BCUT2D eigenvalue weighted by Crippen LogP contribution is -1.91. The van der Waals surface area contributed by atoms with Crippen molar-refractivity contribution >= 4 is 6.21 Å². The number of hydrogen-bond donors (Lipinski definition) is 0. The Balaban J connectivity index is 2.31. The van der Waals surface area contributed by atoms with Crippen LogP contribution in [0.15, 0.2) is 29.4 Å². The van der Waals surface area contributed by atoms with Crippen molar-refractivity contribution in [2.45, 2.75) is 39.0 Å². The molecule has 0 aromatic heterocycles. The molecule has 0 amide bonds. The van der Waals surface area contributed by atoms with Crippen molar-refractivity contribution in [1.29, 1.82) is 0 Å². The number of halogens is 2. The van der Waals surface area contributed by atoms with Gasteiger partial charge in [0.25, 0.3) is 6.43 Å². The molecular formula is C14H19F2NO. The highest BCUT2D eigenvalue weighted by atomic mass is 19.3. The molecular weight excluding hydrogens is 236 g/mol. The normalized spacial score (nSPS) is 11.3. The van der Waals surface area contributed by atoms with Crippen molar-refractivity contribution in [1.82, 2.24) is 0 Å². The zero-order valence-corrected chi connectivity index (χ0v) is 10.6. The number of nitrogens with zero attached hydrogens (tertiary/aromatic N) is 1. The molecule has 0 saturated heterocycles. The fraction of sp³-hybridized carbons (Fsp3) is 0.500. The van der Waals surface area contributed by atoms with E-state index in [1.807, 2.05) is 0 Å². The van der Waals surface area contributed by atoms with E-state index in [0.717, 1.165) is 12.8 Å². The van der Waals surface area contributed by atoms with Gasteiger partial charge >= 0.3 is 0 Å². The lowest BCUT2D eigenvalue weighted by atomic mass is 10.1. The maximum absolute atomic E-state index is 12.4. The maximum Gasteiger partial charge on any atom is 0.263 e. The fourth-order valence-electron chi connectivity index (χ4n) is 1.52. The van der Waals surface area contributed by atoms with Crippen molar-refractivity contribution in [2.75, 3.05) is 6.61 Å². The minimum absolute atomic E-state index is 0.00176. The number of rotatable bonds is 8. The zero-order chi connectivity index (χ0) is 13.2. The average Bonchev–Trinajstić information content (AvgIpc) is 2.38. The molecule has 0 heterocycles. The Labute approximate surface area is 107 Å². The van der Waals surface area contributed by atoms with E-state index in [-0.39, 0.29) is 5.56 Å². The highest BCUT2D eigenvalue weighted by molar-refractivity contribution is 5.79. The lowest BCUT2D eigenvalue weighted by molar-refractivity contribution is 0.141. The molecule has 1 aromatic carbocycles. The van der Waals surface area contributed by atoms with E-state index >= 15 is 0 Å². The number of benzene rings is 1. The van der Waals surface area contributed by atoms with Crippen molar-refractivity contribution in [3.63, 3.8) is 0 Å². The zero-order valence-electron chi connectivity index (χ0n) is 10.6. The largest absolute Gasteiger partial charge is 0.396 e. The second-order valence-electron chi connectivity index (χ2n) is 4.10. The fourth-order valence-corrected chi connectivity index (χ4v) is 1.52. The van der Waals surface area contributed by atoms with Crippen LogP contribution in [-0.2, 0) is 4.84 Å². The Morgan fingerprint density at radius 3 is 2.83 bits per heavy atom. The molecule has 1 aromatic rings. The van der Waals surface area contributed by atoms with E-state index in [2.05, 4.69) is 12.1 Å². The highest BCUT2D eigenvalue weighted by Crippen LogP contribution is 2.18. The van der Waals surface area contributed by atoms with Gasteiger partial charge in [0, 0.05) is 5.56 Å². The summed E-state index contributed by atoms with van der Waals surface area (Å²) in [5.74, 6) is 0. The van der Waals surface area contributed by atoms with Crippen LogP contribution in [-0.4, -0.2) is 12.8 Å². The summed E-state index contributed by atoms with van der Waals surface area (Å²) in [6, 6.07) is 6.11. The van der Waals surface area contributed by atoms with Gasteiger partial charge in [0.1, 0.15) is 6.61 Å². The van der Waals surface area contributed by atoms with Crippen molar-refractivity contribution < 1.29 is 13.6 Å². The van der Waals surface area contributed by atoms with Crippen LogP contribution in [0.1, 0.15) is 50.2 Å². The second kappa shape index (κ2) is 8.61. The van der Waals surface area contributed by atoms with Crippen LogP contribution in [0.25, 0.3) is 0 Å². The molecule has 0 saturated carbocycles. The second-order valence-corrected chi connectivity index (χ2v) is 4.10. The third-order valence-electron chi connectivity index (χ3n) is 2.53. The summed E-state index contributed by atoms with van der Waals surface area (Å²) < 4.78 is 24.9. The minimum Gasteiger partial charge on any atom is -0.396 e. The topological polar surface area (TPSA) is 21.6 Å². The van der Waals surface area contributed by atoms with Gasteiger partial charge in [-0.1, -0.05) is 43.1 Å². The third kappa shape index (κ3) is 5.75. The molecule has 0 aliphatic heterocycles. The van der Waals surface area contributed by atoms with Gasteiger partial charge in [0.2, 0.25) is 0 Å². The van der Waals surface area contributed by atoms with Crippen molar-refractivity contribution in [3.05, 3.63) is 35.4 Å². The van der Waals surface area contributed by atoms with Crippen LogP contribution in [0.4, 0.5) is 8.78 Å². The standard InChI is InChI=1S/C14H19F2NO/c1-2-3-4-5-9-18-17-11-12-7-6-8-13(10-12)14(15)16/h6-8,10-11,14H,2-5,9H2,1H3. The summed E-state index contributed by atoms with van der Waals surface area (Å²) in [6.07, 6.45) is 3.50. The number of hydrogen-bond acceptors (Lipinski definition) is 2. The van der Waals surface area contributed by atoms with E-state index in [1.165, 1.54) is 31.2 Å². The summed E-state index contributed by atoms with van der Waals surface area (Å²) in [5.41, 5.74) is 0.628. The summed E-state index contributed by atoms with van der Waals surface area (Å²) in [4.78, 5) is 5.07. The van der Waals surface area contributed by atoms with Gasteiger partial charge in [-0.05, 0) is 24.5 Å². The molecule has 0 atom stereocenters. The summed E-state index contributed by atoms with van der Waals surface area (Å²) in [5, 5.41) is 3.77. The molecule has 0 radical (unpaired) electrons. The molecule has 0 aliphatic carbocycles.